The van der Waals surface area contributed by atoms with Crippen molar-refractivity contribution in [2.75, 3.05) is 12.9 Å². The third kappa shape index (κ3) is 6.04. The maximum atomic E-state index is 9.14. The second-order valence-electron chi connectivity index (χ2n) is 14.6. The minimum absolute atomic E-state index is 0.311. The first-order chi connectivity index (χ1) is 17.2. The van der Waals surface area contributed by atoms with E-state index in [1.54, 1.807) is 0 Å². The molecule has 4 saturated carbocycles. The summed E-state index contributed by atoms with van der Waals surface area (Å²) in [5.41, 5.74) is 1.48. The van der Waals surface area contributed by atoms with E-state index >= 15 is 0 Å². The summed E-state index contributed by atoms with van der Waals surface area (Å²) in [6.07, 6.45) is 23.0. The van der Waals surface area contributed by atoms with E-state index in [-0.39, 0.29) is 0 Å². The van der Waals surface area contributed by atoms with Crippen LogP contribution in [0.15, 0.2) is 0 Å². The van der Waals surface area contributed by atoms with E-state index in [9.17, 15) is 0 Å². The van der Waals surface area contributed by atoms with Gasteiger partial charge in [0, 0.05) is 6.61 Å². The second kappa shape index (κ2) is 12.6. The van der Waals surface area contributed by atoms with Crippen LogP contribution < -0.4 is 0 Å². The summed E-state index contributed by atoms with van der Waals surface area (Å²) in [5, 5.41) is 9.14. The molecule has 36 heavy (non-hydrogen) atoms. The van der Waals surface area contributed by atoms with Gasteiger partial charge in [0.15, 0.2) is 0 Å². The minimum atomic E-state index is 0.311. The molecule has 1 unspecified atom stereocenters. The first kappa shape index (κ1) is 29.3. The number of hydrogen-bond donors (Lipinski definition) is 1. The van der Waals surface area contributed by atoms with Crippen molar-refractivity contribution in [3.8, 4) is 0 Å². The Balaban J connectivity index is 1.36. The zero-order valence-electron chi connectivity index (χ0n) is 24.8. The number of aliphatic hydroxyl groups is 1. The van der Waals surface area contributed by atoms with E-state index < -0.39 is 0 Å². The van der Waals surface area contributed by atoms with Gasteiger partial charge in [-0.3, -0.25) is 0 Å². The van der Waals surface area contributed by atoms with Crippen molar-refractivity contribution in [2.24, 2.45) is 52.3 Å². The van der Waals surface area contributed by atoms with E-state index in [2.05, 4.69) is 40.9 Å². The van der Waals surface area contributed by atoms with Crippen LogP contribution in [-0.4, -0.2) is 29.5 Å². The molecule has 0 aliphatic heterocycles. The minimum Gasteiger partial charge on any atom is -0.396 e. The molecule has 0 aromatic carbocycles. The lowest BCUT2D eigenvalue weighted by Crippen LogP contribution is -2.54. The maximum Gasteiger partial charge on any atom is 0.103 e. The highest BCUT2D eigenvalue weighted by atomic mass is 32.2. The Morgan fingerprint density at radius 1 is 0.833 bits per heavy atom. The van der Waals surface area contributed by atoms with E-state index in [0.717, 1.165) is 60.7 Å². The van der Waals surface area contributed by atoms with Crippen LogP contribution in [0.4, 0.5) is 0 Å². The monoisotopic (exact) mass is 520 g/mol. The van der Waals surface area contributed by atoms with Crippen LogP contribution in [0.2, 0.25) is 0 Å². The lowest BCUT2D eigenvalue weighted by Gasteiger charge is -2.61. The first-order valence-electron chi connectivity index (χ1n) is 16.0. The van der Waals surface area contributed by atoms with Gasteiger partial charge in [-0.05, 0) is 136 Å². The molecule has 3 heteroatoms. The number of ether oxygens (including phenoxy) is 1. The van der Waals surface area contributed by atoms with Gasteiger partial charge in [0.25, 0.3) is 0 Å². The Bertz CT molecular complexity index is 681. The molecule has 0 radical (unpaired) electrons. The van der Waals surface area contributed by atoms with E-state index in [0.29, 0.717) is 29.0 Å². The van der Waals surface area contributed by atoms with Crippen LogP contribution in [0, 0.1) is 52.3 Å². The molecule has 0 heterocycles. The average Bonchev–Trinajstić information content (AvgIpc) is 3.20. The van der Waals surface area contributed by atoms with Crippen LogP contribution in [-0.2, 0) is 4.74 Å². The van der Waals surface area contributed by atoms with Crippen molar-refractivity contribution in [1.29, 1.82) is 0 Å². The SMILES string of the molecule is CSC(CCCCO)O[C@H]1CC[C@@]2(C)[C@@H](CC[C@@H]3[C@@H]2CC[C@]2(C)[C@@H]([C@@H](C)CCCC(C)C)CC[C@@H]32)C1. The van der Waals surface area contributed by atoms with Crippen LogP contribution in [0.25, 0.3) is 0 Å². The van der Waals surface area contributed by atoms with Crippen molar-refractivity contribution >= 4 is 11.8 Å². The Kier molecular flexibility index (Phi) is 10.3. The second-order valence-corrected chi connectivity index (χ2v) is 15.6. The van der Waals surface area contributed by atoms with Gasteiger partial charge in [-0.25, -0.2) is 0 Å². The number of rotatable bonds is 12. The Hall–Kier alpha value is 0.270. The van der Waals surface area contributed by atoms with Gasteiger partial charge in [-0.1, -0.05) is 53.9 Å². The van der Waals surface area contributed by atoms with E-state index in [4.69, 9.17) is 9.84 Å². The van der Waals surface area contributed by atoms with Crippen LogP contribution in [0.3, 0.4) is 0 Å². The Labute approximate surface area is 228 Å². The molecule has 0 bridgehead atoms. The van der Waals surface area contributed by atoms with Gasteiger partial charge in [-0.15, -0.1) is 11.8 Å². The number of aliphatic hydroxyl groups excluding tert-OH is 1. The molecule has 4 rings (SSSR count). The van der Waals surface area contributed by atoms with E-state index in [1.165, 1.54) is 77.0 Å². The van der Waals surface area contributed by atoms with Gasteiger partial charge in [0.05, 0.1) is 6.10 Å². The van der Waals surface area contributed by atoms with Crippen molar-refractivity contribution in [3.05, 3.63) is 0 Å². The first-order valence-corrected chi connectivity index (χ1v) is 17.3. The van der Waals surface area contributed by atoms with Crippen LogP contribution in [0.5, 0.6) is 0 Å². The molecule has 0 spiro atoms. The molecule has 0 amide bonds. The Morgan fingerprint density at radius 2 is 1.58 bits per heavy atom. The molecular weight excluding hydrogens is 460 g/mol. The number of unbranched alkanes of at least 4 members (excludes halogenated alkanes) is 1. The van der Waals surface area contributed by atoms with Gasteiger partial charge in [0.1, 0.15) is 5.44 Å². The fourth-order valence-electron chi connectivity index (χ4n) is 10.2. The summed E-state index contributed by atoms with van der Waals surface area (Å²) in [6, 6.07) is 0. The fourth-order valence-corrected chi connectivity index (χ4v) is 10.9. The van der Waals surface area contributed by atoms with Gasteiger partial charge >= 0.3 is 0 Å². The van der Waals surface area contributed by atoms with Gasteiger partial charge < -0.3 is 9.84 Å². The zero-order valence-corrected chi connectivity index (χ0v) is 25.6. The molecule has 0 aromatic rings. The van der Waals surface area contributed by atoms with Crippen molar-refractivity contribution in [2.45, 2.75) is 142 Å². The largest absolute Gasteiger partial charge is 0.396 e. The fraction of sp³-hybridized carbons (Fsp3) is 1.00. The molecule has 10 atom stereocenters. The quantitative estimate of drug-likeness (QED) is 0.205. The standard InChI is InChI=1S/C33H60O2S/c1-23(2)10-9-11-24(3)28-15-16-29-27-14-13-25-22-26(35-31(36-6)12-7-8-21-34)17-19-32(25,4)30(27)18-20-33(28,29)5/h23-31,34H,7-22H2,1-6H3/t24-,25-,26-,27-,28+,29-,30-,31?,32-,33+/m0/s1. The predicted molar refractivity (Wildman–Crippen MR) is 156 cm³/mol. The molecule has 4 fully saturated rings. The Morgan fingerprint density at radius 3 is 2.31 bits per heavy atom. The smallest absolute Gasteiger partial charge is 0.103 e. The molecule has 4 aliphatic carbocycles. The lowest BCUT2D eigenvalue weighted by atomic mass is 9.44. The highest BCUT2D eigenvalue weighted by Gasteiger charge is 2.60. The van der Waals surface area contributed by atoms with Gasteiger partial charge in [-0.2, -0.15) is 0 Å². The third-order valence-electron chi connectivity index (χ3n) is 12.3. The van der Waals surface area contributed by atoms with Crippen LogP contribution >= 0.6 is 11.8 Å². The zero-order chi connectivity index (χ0) is 25.9. The highest BCUT2D eigenvalue weighted by Crippen LogP contribution is 2.68. The van der Waals surface area contributed by atoms with Crippen molar-refractivity contribution in [3.63, 3.8) is 0 Å². The van der Waals surface area contributed by atoms with Crippen molar-refractivity contribution < 1.29 is 9.84 Å². The molecule has 0 saturated heterocycles. The normalized spacial score (nSPS) is 42.0. The molecular formula is C33H60O2S. The number of thioether (sulfide) groups is 1. The molecule has 210 valence electrons. The summed E-state index contributed by atoms with van der Waals surface area (Å²) < 4.78 is 6.67. The molecule has 4 aliphatic rings. The summed E-state index contributed by atoms with van der Waals surface area (Å²) in [7, 11) is 0. The average molecular weight is 521 g/mol. The molecule has 1 N–H and O–H groups in total. The predicted octanol–water partition coefficient (Wildman–Crippen LogP) is 9.34. The number of fused-ring (bicyclic) bond motifs is 5. The highest BCUT2D eigenvalue weighted by molar-refractivity contribution is 7.99. The summed E-state index contributed by atoms with van der Waals surface area (Å²) in [4.78, 5) is 0. The topological polar surface area (TPSA) is 29.5 Å². The molecule has 2 nitrogen and oxygen atoms in total. The lowest BCUT2D eigenvalue weighted by molar-refractivity contribution is -0.139. The third-order valence-corrected chi connectivity index (χ3v) is 13.1. The van der Waals surface area contributed by atoms with E-state index in [1.807, 2.05) is 11.8 Å². The van der Waals surface area contributed by atoms with Crippen molar-refractivity contribution in [1.82, 2.24) is 0 Å². The van der Waals surface area contributed by atoms with Gasteiger partial charge in [0.2, 0.25) is 0 Å². The summed E-state index contributed by atoms with van der Waals surface area (Å²) in [5.74, 6) is 6.56. The maximum absolute atomic E-state index is 9.14. The summed E-state index contributed by atoms with van der Waals surface area (Å²) in [6.45, 7) is 13.1. The summed E-state index contributed by atoms with van der Waals surface area (Å²) >= 11 is 1.88. The molecule has 0 aromatic heterocycles. The number of hydrogen-bond acceptors (Lipinski definition) is 3. The van der Waals surface area contributed by atoms with Crippen LogP contribution in [0.1, 0.15) is 131 Å².